The van der Waals surface area contributed by atoms with Gasteiger partial charge in [0.05, 0.1) is 17.1 Å². The first kappa shape index (κ1) is 14.9. The number of hydrogen-bond acceptors (Lipinski definition) is 1. The number of carbonyl (C=O) groups is 1. The molecule has 1 fully saturated rings. The summed E-state index contributed by atoms with van der Waals surface area (Å²) in [4.78, 5) is 13.3. The predicted octanol–water partition coefficient (Wildman–Crippen LogP) is 4.14. The maximum absolute atomic E-state index is 13.8. The van der Waals surface area contributed by atoms with Crippen LogP contribution in [0.4, 0.5) is 23.7 Å². The number of benzene rings is 2. The number of rotatable bonds is 2. The van der Waals surface area contributed by atoms with Gasteiger partial charge in [-0.25, -0.2) is 18.0 Å². The van der Waals surface area contributed by atoms with Crippen LogP contribution >= 0.6 is 15.9 Å². The highest BCUT2D eigenvalue weighted by molar-refractivity contribution is 9.10. The highest BCUT2D eigenvalue weighted by atomic mass is 79.9. The maximum atomic E-state index is 13.8. The Hall–Kier alpha value is -2.02. The van der Waals surface area contributed by atoms with Gasteiger partial charge in [0, 0.05) is 17.3 Å². The van der Waals surface area contributed by atoms with Crippen LogP contribution in [0.15, 0.2) is 40.9 Å². The zero-order chi connectivity index (χ0) is 15.9. The lowest BCUT2D eigenvalue weighted by molar-refractivity contribution is 0.251. The monoisotopic (exact) mass is 370 g/mol. The van der Waals surface area contributed by atoms with Gasteiger partial charge in [0.15, 0.2) is 0 Å². The Labute approximate surface area is 132 Å². The molecule has 1 aliphatic heterocycles. The van der Waals surface area contributed by atoms with Crippen molar-refractivity contribution < 1.29 is 18.0 Å². The molecule has 1 heterocycles. The fourth-order valence-corrected chi connectivity index (χ4v) is 2.62. The molecule has 1 N–H and O–H groups in total. The fourth-order valence-electron chi connectivity index (χ4n) is 2.37. The van der Waals surface area contributed by atoms with E-state index in [9.17, 15) is 18.0 Å². The molecule has 1 unspecified atom stereocenters. The minimum atomic E-state index is -0.728. The minimum Gasteiger partial charge on any atom is -0.329 e. The molecule has 0 spiro atoms. The SMILES string of the molecule is O=C1NC(c2ccc(F)cc2F)CN1c1ccc(Br)c(F)c1. The van der Waals surface area contributed by atoms with Gasteiger partial charge < -0.3 is 5.32 Å². The fraction of sp³-hybridized carbons (Fsp3) is 0.133. The quantitative estimate of drug-likeness (QED) is 0.846. The van der Waals surface area contributed by atoms with Crippen molar-refractivity contribution in [3.05, 3.63) is 63.9 Å². The summed E-state index contributed by atoms with van der Waals surface area (Å²) in [6.45, 7) is 0.127. The zero-order valence-corrected chi connectivity index (χ0v) is 12.7. The number of nitrogens with one attached hydrogen (secondary N) is 1. The lowest BCUT2D eigenvalue weighted by Gasteiger charge is -2.15. The van der Waals surface area contributed by atoms with E-state index < -0.39 is 29.5 Å². The molecule has 22 heavy (non-hydrogen) atoms. The van der Waals surface area contributed by atoms with Gasteiger partial charge in [0.2, 0.25) is 0 Å². The molecule has 1 atom stereocenters. The molecular weight excluding hydrogens is 361 g/mol. The Kier molecular flexibility index (Phi) is 3.82. The summed E-state index contributed by atoms with van der Waals surface area (Å²) in [5.74, 6) is -1.91. The Bertz CT molecular complexity index is 754. The Morgan fingerprint density at radius 3 is 2.55 bits per heavy atom. The van der Waals surface area contributed by atoms with Crippen LogP contribution in [0.3, 0.4) is 0 Å². The molecule has 2 aromatic carbocycles. The molecule has 2 aromatic rings. The summed E-state index contributed by atoms with van der Waals surface area (Å²) >= 11 is 3.04. The van der Waals surface area contributed by atoms with Gasteiger partial charge in [0.25, 0.3) is 0 Å². The van der Waals surface area contributed by atoms with Crippen molar-refractivity contribution in [1.29, 1.82) is 0 Å². The highest BCUT2D eigenvalue weighted by Crippen LogP contribution is 2.29. The summed E-state index contributed by atoms with van der Waals surface area (Å²) in [6, 6.07) is 6.39. The van der Waals surface area contributed by atoms with E-state index in [1.54, 1.807) is 6.07 Å². The van der Waals surface area contributed by atoms with Crippen LogP contribution in [0, 0.1) is 17.5 Å². The smallest absolute Gasteiger partial charge is 0.322 e. The lowest BCUT2D eigenvalue weighted by atomic mass is 10.1. The molecule has 0 saturated carbocycles. The van der Waals surface area contributed by atoms with Gasteiger partial charge in [-0.15, -0.1) is 0 Å². The first-order chi connectivity index (χ1) is 10.5. The lowest BCUT2D eigenvalue weighted by Crippen LogP contribution is -2.27. The molecule has 0 aliphatic carbocycles. The van der Waals surface area contributed by atoms with Gasteiger partial charge in [-0.1, -0.05) is 6.07 Å². The van der Waals surface area contributed by atoms with Gasteiger partial charge in [-0.05, 0) is 40.2 Å². The van der Waals surface area contributed by atoms with E-state index in [-0.39, 0.29) is 16.6 Å². The van der Waals surface area contributed by atoms with E-state index in [0.717, 1.165) is 12.1 Å². The summed E-state index contributed by atoms with van der Waals surface area (Å²) in [5, 5.41) is 2.60. The number of amides is 2. The third-order valence-electron chi connectivity index (χ3n) is 3.46. The molecule has 3 rings (SSSR count). The molecule has 3 nitrogen and oxygen atoms in total. The van der Waals surface area contributed by atoms with Crippen LogP contribution in [0.1, 0.15) is 11.6 Å². The van der Waals surface area contributed by atoms with Crippen LogP contribution < -0.4 is 10.2 Å². The van der Waals surface area contributed by atoms with Gasteiger partial charge >= 0.3 is 6.03 Å². The van der Waals surface area contributed by atoms with Crippen molar-refractivity contribution in [2.24, 2.45) is 0 Å². The van der Waals surface area contributed by atoms with Crippen molar-refractivity contribution >= 4 is 27.6 Å². The highest BCUT2D eigenvalue weighted by Gasteiger charge is 2.32. The normalized spacial score (nSPS) is 17.7. The summed E-state index contributed by atoms with van der Waals surface area (Å²) in [7, 11) is 0. The number of halogens is 4. The van der Waals surface area contributed by atoms with Crippen molar-refractivity contribution in [3.63, 3.8) is 0 Å². The number of carbonyl (C=O) groups excluding carboxylic acids is 1. The van der Waals surface area contributed by atoms with E-state index in [1.165, 1.54) is 23.1 Å². The summed E-state index contributed by atoms with van der Waals surface area (Å²) in [5.41, 5.74) is 0.554. The number of urea groups is 1. The second-order valence-electron chi connectivity index (χ2n) is 4.88. The molecule has 0 aromatic heterocycles. The largest absolute Gasteiger partial charge is 0.329 e. The van der Waals surface area contributed by atoms with Crippen LogP contribution in [-0.4, -0.2) is 12.6 Å². The van der Waals surface area contributed by atoms with Gasteiger partial charge in [-0.2, -0.15) is 0 Å². The molecule has 7 heteroatoms. The third-order valence-corrected chi connectivity index (χ3v) is 4.10. The second-order valence-corrected chi connectivity index (χ2v) is 5.73. The first-order valence-corrected chi connectivity index (χ1v) is 7.23. The molecule has 114 valence electrons. The topological polar surface area (TPSA) is 32.3 Å². The molecule has 0 radical (unpaired) electrons. The summed E-state index contributed by atoms with van der Waals surface area (Å²) < 4.78 is 40.6. The molecule has 2 amide bonds. The second kappa shape index (κ2) is 5.64. The number of anilines is 1. The molecule has 1 saturated heterocycles. The summed E-state index contributed by atoms with van der Waals surface area (Å²) in [6.07, 6.45) is 0. The van der Waals surface area contributed by atoms with E-state index in [1.807, 2.05) is 0 Å². The maximum Gasteiger partial charge on any atom is 0.322 e. The molecular formula is C15H10BrF3N2O. The zero-order valence-electron chi connectivity index (χ0n) is 11.1. The van der Waals surface area contributed by atoms with Crippen LogP contribution in [0.25, 0.3) is 0 Å². The van der Waals surface area contributed by atoms with Crippen molar-refractivity contribution in [1.82, 2.24) is 5.32 Å². The van der Waals surface area contributed by atoms with Gasteiger partial charge in [0.1, 0.15) is 17.5 Å². The van der Waals surface area contributed by atoms with E-state index in [2.05, 4.69) is 21.2 Å². The van der Waals surface area contributed by atoms with Crippen LogP contribution in [0.2, 0.25) is 0 Å². The average molecular weight is 371 g/mol. The standard InChI is InChI=1S/C15H10BrF3N2O/c16-11-4-2-9(6-13(11)19)21-7-14(20-15(21)22)10-3-1-8(17)5-12(10)18/h1-6,14H,7H2,(H,20,22). The van der Waals surface area contributed by atoms with Crippen molar-refractivity contribution in [2.45, 2.75) is 6.04 Å². The first-order valence-electron chi connectivity index (χ1n) is 6.44. The van der Waals surface area contributed by atoms with E-state index in [4.69, 9.17) is 0 Å². The minimum absolute atomic E-state index is 0.127. The Balaban J connectivity index is 1.88. The van der Waals surface area contributed by atoms with E-state index in [0.29, 0.717) is 5.69 Å². The van der Waals surface area contributed by atoms with Crippen molar-refractivity contribution in [3.8, 4) is 0 Å². The molecule has 1 aliphatic rings. The van der Waals surface area contributed by atoms with Crippen LogP contribution in [0.5, 0.6) is 0 Å². The number of nitrogens with zero attached hydrogens (tertiary/aromatic N) is 1. The van der Waals surface area contributed by atoms with E-state index >= 15 is 0 Å². The Morgan fingerprint density at radius 2 is 1.86 bits per heavy atom. The Morgan fingerprint density at radius 1 is 1.09 bits per heavy atom. The predicted molar refractivity (Wildman–Crippen MR) is 79.1 cm³/mol. The number of hydrogen-bond donors (Lipinski definition) is 1. The molecule has 0 bridgehead atoms. The third kappa shape index (κ3) is 2.68. The van der Waals surface area contributed by atoms with Crippen molar-refractivity contribution in [2.75, 3.05) is 11.4 Å². The van der Waals surface area contributed by atoms with Crippen LogP contribution in [-0.2, 0) is 0 Å². The average Bonchev–Trinajstić information content (AvgIpc) is 2.83. The van der Waals surface area contributed by atoms with Gasteiger partial charge in [-0.3, -0.25) is 4.90 Å².